The molecular weight excluding hydrogens is 264 g/mol. The smallest absolute Gasteiger partial charge is 0.367 e. The fourth-order valence-corrected chi connectivity index (χ4v) is 3.31. The summed E-state index contributed by atoms with van der Waals surface area (Å²) in [6, 6.07) is 0. The van der Waals surface area contributed by atoms with Crippen molar-refractivity contribution < 1.29 is 14.6 Å². The molecule has 3 rings (SSSR count). The molecule has 1 N–H and O–H groups in total. The third-order valence-electron chi connectivity index (χ3n) is 3.72. The van der Waals surface area contributed by atoms with Crippen LogP contribution in [0.2, 0.25) is 0 Å². The average Bonchev–Trinajstić information content (AvgIpc) is 3.08. The van der Waals surface area contributed by atoms with Crippen LogP contribution in [0, 0.1) is 5.92 Å². The summed E-state index contributed by atoms with van der Waals surface area (Å²) in [5, 5.41) is 12.5. The number of ether oxygens (including phenoxy) is 1. The van der Waals surface area contributed by atoms with E-state index < -0.39 is 5.60 Å². The molecule has 2 aliphatic rings. The monoisotopic (exact) mass is 282 g/mol. The fraction of sp³-hybridized carbons (Fsp3) is 0.692. The predicted molar refractivity (Wildman–Crippen MR) is 71.0 cm³/mol. The van der Waals surface area contributed by atoms with Crippen molar-refractivity contribution in [3.63, 3.8) is 0 Å². The summed E-state index contributed by atoms with van der Waals surface area (Å²) < 4.78 is 4.91. The molecule has 1 saturated carbocycles. The van der Waals surface area contributed by atoms with Crippen molar-refractivity contribution >= 4 is 17.3 Å². The molecule has 0 aromatic carbocycles. The Kier molecular flexibility index (Phi) is 3.32. The molecule has 6 heteroatoms. The third kappa shape index (κ3) is 2.66. The van der Waals surface area contributed by atoms with Crippen LogP contribution in [-0.4, -0.2) is 46.3 Å². The largest absolute Gasteiger partial charge is 0.461 e. The molecule has 2 heterocycles. The van der Waals surface area contributed by atoms with E-state index in [2.05, 4.69) is 9.88 Å². The Morgan fingerprint density at radius 3 is 3.00 bits per heavy atom. The molecule has 0 atom stereocenters. The zero-order valence-electron chi connectivity index (χ0n) is 11.0. The van der Waals surface area contributed by atoms with Crippen molar-refractivity contribution in [1.29, 1.82) is 0 Å². The summed E-state index contributed by atoms with van der Waals surface area (Å²) in [5.74, 6) is 0.158. The van der Waals surface area contributed by atoms with Crippen LogP contribution in [0.1, 0.15) is 35.3 Å². The zero-order chi connectivity index (χ0) is 13.5. The summed E-state index contributed by atoms with van der Waals surface area (Å²) in [5.41, 5.74) is 0.422. The highest BCUT2D eigenvalue weighted by Crippen LogP contribution is 2.44. The second-order valence-electron chi connectivity index (χ2n) is 5.39. The van der Waals surface area contributed by atoms with E-state index in [4.69, 9.17) is 4.74 Å². The first-order valence-electron chi connectivity index (χ1n) is 6.67. The highest BCUT2D eigenvalue weighted by atomic mass is 32.1. The minimum Gasteiger partial charge on any atom is -0.461 e. The normalized spacial score (nSPS) is 22.0. The standard InChI is InChI=1S/C13H18N2O3S/c1-2-18-12(16)11-14-10(6-19-11)5-15-7-13(17,8-15)9-3-4-9/h6,9,17H,2-5,7-8H2,1H3. The van der Waals surface area contributed by atoms with Gasteiger partial charge in [0.15, 0.2) is 0 Å². The number of nitrogens with zero attached hydrogens (tertiary/aromatic N) is 2. The number of rotatable bonds is 5. The lowest BCUT2D eigenvalue weighted by Gasteiger charge is -2.46. The highest BCUT2D eigenvalue weighted by Gasteiger charge is 2.51. The van der Waals surface area contributed by atoms with Crippen LogP contribution in [0.5, 0.6) is 0 Å². The van der Waals surface area contributed by atoms with Crippen molar-refractivity contribution in [2.45, 2.75) is 31.9 Å². The SMILES string of the molecule is CCOC(=O)c1nc(CN2CC(O)(C3CC3)C2)cs1. The van der Waals surface area contributed by atoms with Gasteiger partial charge in [0, 0.05) is 25.0 Å². The Balaban J connectivity index is 1.52. The summed E-state index contributed by atoms with van der Waals surface area (Å²) in [6.45, 7) is 4.30. The van der Waals surface area contributed by atoms with Crippen LogP contribution in [0.15, 0.2) is 5.38 Å². The number of hydrogen-bond acceptors (Lipinski definition) is 6. The van der Waals surface area contributed by atoms with Gasteiger partial charge in [0.2, 0.25) is 5.01 Å². The number of thiazole rings is 1. The van der Waals surface area contributed by atoms with E-state index in [1.807, 2.05) is 5.38 Å². The van der Waals surface area contributed by atoms with Crippen molar-refractivity contribution in [3.05, 3.63) is 16.1 Å². The first-order chi connectivity index (χ1) is 9.10. The number of aliphatic hydroxyl groups is 1. The van der Waals surface area contributed by atoms with Gasteiger partial charge in [-0.25, -0.2) is 9.78 Å². The minimum absolute atomic E-state index is 0.350. The lowest BCUT2D eigenvalue weighted by molar-refractivity contribution is -0.116. The van der Waals surface area contributed by atoms with E-state index in [9.17, 15) is 9.90 Å². The van der Waals surface area contributed by atoms with E-state index >= 15 is 0 Å². The van der Waals surface area contributed by atoms with E-state index in [-0.39, 0.29) is 5.97 Å². The Hall–Kier alpha value is -0.980. The molecule has 0 unspecified atom stereocenters. The molecule has 0 spiro atoms. The molecule has 0 amide bonds. The maximum atomic E-state index is 11.5. The number of aromatic nitrogens is 1. The molecule has 1 aliphatic heterocycles. The number of hydrogen-bond donors (Lipinski definition) is 1. The van der Waals surface area contributed by atoms with Crippen molar-refractivity contribution in [1.82, 2.24) is 9.88 Å². The molecule has 104 valence electrons. The van der Waals surface area contributed by atoms with Crippen molar-refractivity contribution in [3.8, 4) is 0 Å². The van der Waals surface area contributed by atoms with Crippen LogP contribution in [0.4, 0.5) is 0 Å². The molecule has 2 fully saturated rings. The predicted octanol–water partition coefficient (Wildman–Crippen LogP) is 1.28. The first kappa shape index (κ1) is 13.0. The van der Waals surface area contributed by atoms with Crippen LogP contribution in [0.25, 0.3) is 0 Å². The second kappa shape index (κ2) is 4.85. The van der Waals surface area contributed by atoms with Gasteiger partial charge in [-0.1, -0.05) is 0 Å². The zero-order valence-corrected chi connectivity index (χ0v) is 11.8. The molecular formula is C13H18N2O3S. The fourth-order valence-electron chi connectivity index (χ4n) is 2.61. The van der Waals surface area contributed by atoms with Gasteiger partial charge in [-0.05, 0) is 25.7 Å². The second-order valence-corrected chi connectivity index (χ2v) is 6.25. The van der Waals surface area contributed by atoms with Gasteiger partial charge in [0.05, 0.1) is 17.9 Å². The number of esters is 1. The van der Waals surface area contributed by atoms with Crippen LogP contribution < -0.4 is 0 Å². The van der Waals surface area contributed by atoms with Gasteiger partial charge >= 0.3 is 5.97 Å². The number of likely N-dealkylation sites (tertiary alicyclic amines) is 1. The van der Waals surface area contributed by atoms with Gasteiger partial charge in [0.25, 0.3) is 0 Å². The maximum absolute atomic E-state index is 11.5. The van der Waals surface area contributed by atoms with Crippen LogP contribution in [-0.2, 0) is 11.3 Å². The molecule has 0 radical (unpaired) electrons. The highest BCUT2D eigenvalue weighted by molar-refractivity contribution is 7.11. The van der Waals surface area contributed by atoms with Gasteiger partial charge in [0.1, 0.15) is 0 Å². The van der Waals surface area contributed by atoms with Crippen LogP contribution in [0.3, 0.4) is 0 Å². The van der Waals surface area contributed by atoms with Gasteiger partial charge in [-0.2, -0.15) is 0 Å². The van der Waals surface area contributed by atoms with Gasteiger partial charge in [-0.15, -0.1) is 11.3 Å². The molecule has 0 bridgehead atoms. The van der Waals surface area contributed by atoms with Crippen molar-refractivity contribution in [2.75, 3.05) is 19.7 Å². The quantitative estimate of drug-likeness (QED) is 0.824. The van der Waals surface area contributed by atoms with Crippen molar-refractivity contribution in [2.24, 2.45) is 5.92 Å². The summed E-state index contributed by atoms with van der Waals surface area (Å²) in [6.07, 6.45) is 2.32. The Morgan fingerprint density at radius 1 is 1.63 bits per heavy atom. The van der Waals surface area contributed by atoms with Gasteiger partial charge < -0.3 is 9.84 Å². The molecule has 5 nitrogen and oxygen atoms in total. The molecule has 19 heavy (non-hydrogen) atoms. The molecule has 1 saturated heterocycles. The Bertz CT molecular complexity index is 478. The number of β-amino-alcohol motifs (C(OH)–C–C–N with tert-alkyl or cyclic N) is 1. The Labute approximate surface area is 116 Å². The topological polar surface area (TPSA) is 62.7 Å². The Morgan fingerprint density at radius 2 is 2.37 bits per heavy atom. The van der Waals surface area contributed by atoms with Crippen LogP contribution >= 0.6 is 11.3 Å². The summed E-state index contributed by atoms with van der Waals surface area (Å²) >= 11 is 1.32. The van der Waals surface area contributed by atoms with E-state index in [1.54, 1.807) is 6.92 Å². The molecule has 1 aromatic rings. The summed E-state index contributed by atoms with van der Waals surface area (Å²) in [7, 11) is 0. The first-order valence-corrected chi connectivity index (χ1v) is 7.55. The number of carbonyl (C=O) groups is 1. The minimum atomic E-state index is -0.458. The van der Waals surface area contributed by atoms with E-state index in [0.29, 0.717) is 24.1 Å². The van der Waals surface area contributed by atoms with Gasteiger partial charge in [-0.3, -0.25) is 4.90 Å². The van der Waals surface area contributed by atoms with E-state index in [0.717, 1.165) is 31.6 Å². The molecule has 1 aliphatic carbocycles. The lowest BCUT2D eigenvalue weighted by Crippen LogP contribution is -2.62. The third-order valence-corrected chi connectivity index (χ3v) is 4.59. The summed E-state index contributed by atoms with van der Waals surface area (Å²) in [4.78, 5) is 17.9. The lowest BCUT2D eigenvalue weighted by atomic mass is 9.89. The van der Waals surface area contributed by atoms with E-state index in [1.165, 1.54) is 11.3 Å². The maximum Gasteiger partial charge on any atom is 0.367 e. The average molecular weight is 282 g/mol. The molecule has 1 aromatic heterocycles. The number of carbonyl (C=O) groups excluding carboxylic acids is 1.